The van der Waals surface area contributed by atoms with Gasteiger partial charge < -0.3 is 4.90 Å². The molecule has 2 aliphatic rings. The lowest BCUT2D eigenvalue weighted by Gasteiger charge is -2.36. The normalized spacial score (nSPS) is 16.7. The molecular weight excluding hydrogens is 585 g/mol. The average Bonchev–Trinajstić information content (AvgIpc) is 3.29. The topological polar surface area (TPSA) is 69.3 Å². The van der Waals surface area contributed by atoms with Crippen LogP contribution in [0.2, 0.25) is 0 Å². The number of carbonyl (C=O) groups excluding carboxylic acids is 1. The van der Waals surface area contributed by atoms with Crippen molar-refractivity contribution >= 4 is 46.1 Å². The first-order valence-electron chi connectivity index (χ1n) is 16.5. The number of rotatable bonds is 15. The summed E-state index contributed by atoms with van der Waals surface area (Å²) in [6.07, 6.45) is 17.4. The van der Waals surface area contributed by atoms with E-state index in [0.29, 0.717) is 27.3 Å². The summed E-state index contributed by atoms with van der Waals surface area (Å²) < 4.78 is 2.18. The first-order valence-corrected chi connectivity index (χ1v) is 17.8. The second-order valence-electron chi connectivity index (χ2n) is 12.3. The Bertz CT molecular complexity index is 1420. The van der Waals surface area contributed by atoms with Gasteiger partial charge in [0, 0.05) is 32.2 Å². The van der Waals surface area contributed by atoms with Crippen molar-refractivity contribution in [3.63, 3.8) is 0 Å². The van der Waals surface area contributed by atoms with E-state index < -0.39 is 0 Å². The van der Waals surface area contributed by atoms with Gasteiger partial charge in [0.1, 0.15) is 21.8 Å². The van der Waals surface area contributed by atoms with Crippen molar-refractivity contribution < 1.29 is 4.79 Å². The second kappa shape index (κ2) is 17.0. The maximum absolute atomic E-state index is 13.5. The summed E-state index contributed by atoms with van der Waals surface area (Å²) >= 11 is 6.97. The Morgan fingerprint density at radius 2 is 1.59 bits per heavy atom. The zero-order chi connectivity index (χ0) is 31.5. The predicted octanol–water partition coefficient (Wildman–Crippen LogP) is 8.15. The van der Waals surface area contributed by atoms with Gasteiger partial charge in [-0.2, -0.15) is 5.26 Å². The number of anilines is 1. The van der Waals surface area contributed by atoms with E-state index in [1.165, 1.54) is 68.7 Å². The molecule has 1 aromatic heterocycles. The number of carbonyl (C=O) groups is 1. The number of nitrogens with zero attached hydrogens (tertiary/aromatic N) is 4. The monoisotopic (exact) mass is 632 g/mol. The molecule has 0 N–H and O–H groups in total. The van der Waals surface area contributed by atoms with Crippen LogP contribution in [-0.2, 0) is 18.3 Å². The van der Waals surface area contributed by atoms with Crippen molar-refractivity contribution in [2.24, 2.45) is 13.0 Å². The largest absolute Gasteiger partial charge is 0.357 e. The molecule has 2 fully saturated rings. The number of hydrogen-bond donors (Lipinski definition) is 0. The Balaban J connectivity index is 1.43. The highest BCUT2D eigenvalue weighted by Gasteiger charge is 2.33. The van der Waals surface area contributed by atoms with Crippen LogP contribution < -0.4 is 10.5 Å². The molecule has 44 heavy (non-hydrogen) atoms. The minimum Gasteiger partial charge on any atom is -0.357 e. The lowest BCUT2D eigenvalue weighted by Crippen LogP contribution is -2.39. The first kappa shape index (κ1) is 34.0. The van der Waals surface area contributed by atoms with Crippen LogP contribution in [0.3, 0.4) is 0 Å². The van der Waals surface area contributed by atoms with Gasteiger partial charge in [-0.25, -0.2) is 0 Å². The third-order valence-electron chi connectivity index (χ3n) is 9.13. The summed E-state index contributed by atoms with van der Waals surface area (Å²) in [5.74, 6) is 1.29. The Morgan fingerprint density at radius 1 is 0.977 bits per heavy atom. The van der Waals surface area contributed by atoms with Crippen LogP contribution in [-0.4, -0.2) is 39.3 Å². The van der Waals surface area contributed by atoms with Gasteiger partial charge in [-0.3, -0.25) is 19.1 Å². The molecule has 4 rings (SSSR count). The fraction of sp³-hybridized carbons (Fsp3) is 0.556. The first-order chi connectivity index (χ1) is 21.3. The van der Waals surface area contributed by atoms with Gasteiger partial charge in [0.15, 0.2) is 0 Å². The molecule has 236 valence electrons. The van der Waals surface area contributed by atoms with Crippen LogP contribution in [0.15, 0.2) is 40.0 Å². The molecule has 8 heteroatoms. The fourth-order valence-electron chi connectivity index (χ4n) is 6.47. The molecule has 1 aromatic carbocycles. The summed E-state index contributed by atoms with van der Waals surface area (Å²) in [4.78, 5) is 31.3. The number of thioether (sulfide) groups is 1. The average molecular weight is 633 g/mol. The van der Waals surface area contributed by atoms with E-state index >= 15 is 0 Å². The molecular formula is C36H48N4O2S2. The lowest BCUT2D eigenvalue weighted by molar-refractivity contribution is -0.122. The lowest BCUT2D eigenvalue weighted by atomic mass is 9.90. The van der Waals surface area contributed by atoms with Crippen molar-refractivity contribution in [1.82, 2.24) is 9.47 Å². The van der Waals surface area contributed by atoms with Crippen LogP contribution >= 0.6 is 24.0 Å². The van der Waals surface area contributed by atoms with Crippen molar-refractivity contribution in [3.05, 3.63) is 67.8 Å². The van der Waals surface area contributed by atoms with Crippen molar-refractivity contribution in [2.75, 3.05) is 24.5 Å². The number of aromatic nitrogens is 1. The van der Waals surface area contributed by atoms with E-state index in [1.54, 1.807) is 16.5 Å². The summed E-state index contributed by atoms with van der Waals surface area (Å²) in [5, 5.41) is 9.85. The number of hydrogen-bond acceptors (Lipinski definition) is 6. The van der Waals surface area contributed by atoms with Crippen molar-refractivity contribution in [1.29, 1.82) is 5.26 Å². The molecule has 0 radical (unpaired) electrons. The highest BCUT2D eigenvalue weighted by Crippen LogP contribution is 2.37. The Morgan fingerprint density at radius 3 is 2.20 bits per heavy atom. The van der Waals surface area contributed by atoms with Gasteiger partial charge in [-0.15, -0.1) is 0 Å². The third kappa shape index (κ3) is 8.63. The number of unbranched alkanes of at least 4 members (excludes halogenated alkanes) is 9. The van der Waals surface area contributed by atoms with Gasteiger partial charge in [0.05, 0.1) is 4.91 Å². The highest BCUT2D eigenvalue weighted by atomic mass is 32.2. The summed E-state index contributed by atoms with van der Waals surface area (Å²) in [6, 6.07) is 12.7. The number of benzene rings is 1. The molecule has 0 unspecified atom stereocenters. The molecule has 0 spiro atoms. The van der Waals surface area contributed by atoms with E-state index in [9.17, 15) is 14.9 Å². The van der Waals surface area contributed by atoms with Crippen LogP contribution in [0.25, 0.3) is 6.08 Å². The van der Waals surface area contributed by atoms with Gasteiger partial charge in [-0.05, 0) is 55.7 Å². The van der Waals surface area contributed by atoms with Gasteiger partial charge in [0.2, 0.25) is 0 Å². The maximum Gasteiger partial charge on any atom is 0.270 e. The van der Waals surface area contributed by atoms with Crippen LogP contribution in [0, 0.1) is 24.2 Å². The molecule has 2 aliphatic heterocycles. The molecule has 0 saturated carbocycles. The summed E-state index contributed by atoms with van der Waals surface area (Å²) in [6.45, 7) is 6.34. The molecule has 6 nitrogen and oxygen atoms in total. The van der Waals surface area contributed by atoms with E-state index in [4.69, 9.17) is 12.2 Å². The van der Waals surface area contributed by atoms with Crippen LogP contribution in [0.1, 0.15) is 106 Å². The maximum atomic E-state index is 13.5. The summed E-state index contributed by atoms with van der Waals surface area (Å²) in [7, 11) is 1.74. The minimum atomic E-state index is -0.294. The van der Waals surface area contributed by atoms with Crippen molar-refractivity contribution in [2.45, 2.75) is 97.3 Å². The number of nitriles is 1. The Kier molecular flexibility index (Phi) is 13.1. The number of pyridine rings is 1. The highest BCUT2D eigenvalue weighted by molar-refractivity contribution is 8.26. The summed E-state index contributed by atoms with van der Waals surface area (Å²) in [5.41, 5.74) is 2.58. The Labute approximate surface area is 273 Å². The molecule has 1 amide bonds. The van der Waals surface area contributed by atoms with Gasteiger partial charge >= 0.3 is 0 Å². The van der Waals surface area contributed by atoms with E-state index in [-0.39, 0.29) is 17.0 Å². The standard InChI is InChI=1S/C36H48N4O2S2/c1-4-5-6-7-8-9-10-11-12-16-21-40-35(42)32(44-36(40)43)25-30-27(2)31(26-37)34(41)38(3)33(30)39-22-19-29(20-23-39)24-28-17-14-13-15-18-28/h13-15,17-18,25,29H,4-12,16,19-24H2,1-3H3/b32-25-. The molecule has 0 aliphatic carbocycles. The number of thiocarbonyl (C=S) groups is 1. The van der Waals surface area contributed by atoms with E-state index in [0.717, 1.165) is 56.6 Å². The Hall–Kier alpha value is -2.89. The molecule has 3 heterocycles. The predicted molar refractivity (Wildman–Crippen MR) is 188 cm³/mol. The number of piperidine rings is 1. The van der Waals surface area contributed by atoms with Crippen LogP contribution in [0.5, 0.6) is 0 Å². The van der Waals surface area contributed by atoms with Crippen LogP contribution in [0.4, 0.5) is 5.82 Å². The quantitative estimate of drug-likeness (QED) is 0.112. The smallest absolute Gasteiger partial charge is 0.270 e. The minimum absolute atomic E-state index is 0.0739. The zero-order valence-electron chi connectivity index (χ0n) is 26.8. The number of amides is 1. The van der Waals surface area contributed by atoms with Gasteiger partial charge in [-0.1, -0.05) is 119 Å². The molecule has 0 atom stereocenters. The molecule has 2 aromatic rings. The zero-order valence-corrected chi connectivity index (χ0v) is 28.4. The SMILES string of the molecule is CCCCCCCCCCCCN1C(=O)/C(=C/c2c(C)c(C#N)c(=O)n(C)c2N2CCC(Cc3ccccc3)CC2)SC1=S. The van der Waals surface area contributed by atoms with E-state index in [2.05, 4.69) is 42.2 Å². The van der Waals surface area contributed by atoms with E-state index in [1.807, 2.05) is 19.1 Å². The fourth-order valence-corrected chi connectivity index (χ4v) is 7.76. The van der Waals surface area contributed by atoms with Gasteiger partial charge in [0.25, 0.3) is 11.5 Å². The molecule has 0 bridgehead atoms. The molecule has 2 saturated heterocycles. The third-order valence-corrected chi connectivity index (χ3v) is 10.5. The van der Waals surface area contributed by atoms with Crippen molar-refractivity contribution in [3.8, 4) is 6.07 Å². The second-order valence-corrected chi connectivity index (χ2v) is 14.0.